The number of anilines is 2. The molecule has 0 atom stereocenters. The highest BCUT2D eigenvalue weighted by atomic mass is 32.2. The third-order valence-electron chi connectivity index (χ3n) is 7.01. The number of para-hydroxylation sites is 2. The normalized spacial score (nSPS) is 13.9. The molecule has 0 bridgehead atoms. The molecule has 8 nitrogen and oxygen atoms in total. The first kappa shape index (κ1) is 26.8. The Kier molecular flexibility index (Phi) is 7.90. The second-order valence-corrected chi connectivity index (χ2v) is 11.3. The average molecular weight is 548 g/mol. The Bertz CT molecular complexity index is 1560. The molecule has 0 aliphatic carbocycles. The number of furan rings is 1. The van der Waals surface area contributed by atoms with Crippen LogP contribution in [-0.2, 0) is 21.2 Å². The van der Waals surface area contributed by atoms with Crippen molar-refractivity contribution in [1.82, 2.24) is 5.32 Å². The van der Waals surface area contributed by atoms with Crippen LogP contribution in [-0.4, -0.2) is 53.7 Å². The van der Waals surface area contributed by atoms with Gasteiger partial charge in [-0.3, -0.25) is 4.31 Å². The summed E-state index contributed by atoms with van der Waals surface area (Å²) < 4.78 is 41.1. The van der Waals surface area contributed by atoms with Crippen molar-refractivity contribution < 1.29 is 22.4 Å². The summed E-state index contributed by atoms with van der Waals surface area (Å²) in [4.78, 5) is 14.7. The summed E-state index contributed by atoms with van der Waals surface area (Å²) in [6.45, 7) is 7.21. The van der Waals surface area contributed by atoms with Gasteiger partial charge in [-0.1, -0.05) is 42.5 Å². The number of nitrogens with zero attached hydrogens (tertiary/aromatic N) is 2. The number of carbonyl (C=O) groups excluding carboxylic acids is 1. The topological polar surface area (TPSA) is 92.1 Å². The van der Waals surface area contributed by atoms with Crippen LogP contribution >= 0.6 is 0 Å². The number of hydrogen-bond acceptors (Lipinski definition) is 7. The maximum atomic E-state index is 14.4. The average Bonchev–Trinajstić information content (AvgIpc) is 3.30. The number of carbonyl (C=O) groups is 1. The fourth-order valence-corrected chi connectivity index (χ4v) is 6.48. The lowest BCUT2D eigenvalue weighted by Crippen LogP contribution is -2.44. The largest absolute Gasteiger partial charge is 0.460 e. The van der Waals surface area contributed by atoms with E-state index >= 15 is 0 Å². The Morgan fingerprint density at radius 3 is 2.49 bits per heavy atom. The van der Waals surface area contributed by atoms with Crippen LogP contribution in [0.25, 0.3) is 11.0 Å². The molecule has 1 aromatic heterocycles. The zero-order valence-corrected chi connectivity index (χ0v) is 23.0. The van der Waals surface area contributed by atoms with Crippen molar-refractivity contribution >= 4 is 38.3 Å². The minimum absolute atomic E-state index is 0.0892. The molecule has 204 valence electrons. The predicted octanol–water partition coefficient (Wildman–Crippen LogP) is 4.77. The second-order valence-electron chi connectivity index (χ2n) is 9.47. The zero-order valence-electron chi connectivity index (χ0n) is 22.2. The highest BCUT2D eigenvalue weighted by molar-refractivity contribution is 7.92. The number of ether oxygens (including phenoxy) is 1. The number of sulfonamides is 1. The van der Waals surface area contributed by atoms with Crippen LogP contribution in [0.2, 0.25) is 0 Å². The lowest BCUT2D eigenvalue weighted by molar-refractivity contribution is 0.0491. The summed E-state index contributed by atoms with van der Waals surface area (Å²) in [6, 6.07) is 22.3. The molecule has 3 aromatic carbocycles. The predicted molar refractivity (Wildman–Crippen MR) is 153 cm³/mol. The van der Waals surface area contributed by atoms with Gasteiger partial charge in [-0.05, 0) is 56.2 Å². The fraction of sp³-hybridized carbons (Fsp3) is 0.300. The van der Waals surface area contributed by atoms with E-state index in [-0.39, 0.29) is 23.8 Å². The number of fused-ring (bicyclic) bond motifs is 1. The summed E-state index contributed by atoms with van der Waals surface area (Å²) in [6.07, 6.45) is 0.552. The summed E-state index contributed by atoms with van der Waals surface area (Å²) >= 11 is 0. The standard InChI is InChI=1S/C30H33N3O5S/c1-3-37-30(34)29-22(2)25-21-24(13-14-28(25)38-29)39(35,36)33(18-15-23-9-5-4-6-10-23)27-12-8-7-11-26(27)32-19-16-31-17-20-32/h4-14,21,31H,3,15-20H2,1-2H3. The first-order valence-corrected chi connectivity index (χ1v) is 14.7. The van der Waals surface area contributed by atoms with Crippen molar-refractivity contribution in [2.24, 2.45) is 0 Å². The lowest BCUT2D eigenvalue weighted by atomic mass is 10.1. The van der Waals surface area contributed by atoms with Gasteiger partial charge in [0, 0.05) is 43.7 Å². The van der Waals surface area contributed by atoms with Crippen LogP contribution in [0.4, 0.5) is 11.4 Å². The van der Waals surface area contributed by atoms with Crippen LogP contribution in [0.5, 0.6) is 0 Å². The van der Waals surface area contributed by atoms with E-state index in [2.05, 4.69) is 10.2 Å². The third kappa shape index (κ3) is 5.51. The highest BCUT2D eigenvalue weighted by Gasteiger charge is 2.30. The summed E-state index contributed by atoms with van der Waals surface area (Å²) in [7, 11) is -3.98. The van der Waals surface area contributed by atoms with E-state index in [1.807, 2.05) is 54.6 Å². The van der Waals surface area contributed by atoms with E-state index in [0.717, 1.165) is 37.4 Å². The van der Waals surface area contributed by atoms with Gasteiger partial charge in [-0.15, -0.1) is 0 Å². The van der Waals surface area contributed by atoms with Gasteiger partial charge in [-0.2, -0.15) is 0 Å². The number of aryl methyl sites for hydroxylation is 1. The number of piperazine rings is 1. The maximum Gasteiger partial charge on any atom is 0.374 e. The van der Waals surface area contributed by atoms with Gasteiger partial charge in [0.05, 0.1) is 22.9 Å². The zero-order chi connectivity index (χ0) is 27.4. The lowest BCUT2D eigenvalue weighted by Gasteiger charge is -2.34. The van der Waals surface area contributed by atoms with Crippen molar-refractivity contribution in [2.75, 3.05) is 48.5 Å². The van der Waals surface area contributed by atoms with E-state index in [1.165, 1.54) is 4.31 Å². The van der Waals surface area contributed by atoms with Crippen LogP contribution in [0.1, 0.15) is 28.6 Å². The monoisotopic (exact) mass is 547 g/mol. The molecule has 4 aromatic rings. The Labute approximate surface area is 229 Å². The van der Waals surface area contributed by atoms with Gasteiger partial charge in [0.15, 0.2) is 0 Å². The van der Waals surface area contributed by atoms with E-state index < -0.39 is 16.0 Å². The minimum Gasteiger partial charge on any atom is -0.460 e. The summed E-state index contributed by atoms with van der Waals surface area (Å²) in [5.74, 6) is -0.476. The Morgan fingerprint density at radius 2 is 1.74 bits per heavy atom. The number of esters is 1. The first-order valence-electron chi connectivity index (χ1n) is 13.2. The van der Waals surface area contributed by atoms with Crippen LogP contribution in [0.3, 0.4) is 0 Å². The smallest absolute Gasteiger partial charge is 0.374 e. The van der Waals surface area contributed by atoms with Gasteiger partial charge in [0.2, 0.25) is 5.76 Å². The van der Waals surface area contributed by atoms with Crippen molar-refractivity contribution in [2.45, 2.75) is 25.2 Å². The molecule has 1 N–H and O–H groups in total. The number of benzene rings is 3. The van der Waals surface area contributed by atoms with Crippen molar-refractivity contribution in [3.05, 3.63) is 89.7 Å². The van der Waals surface area contributed by atoms with Crippen molar-refractivity contribution in [3.8, 4) is 0 Å². The number of hydrogen-bond donors (Lipinski definition) is 1. The molecule has 5 rings (SSSR count). The van der Waals surface area contributed by atoms with Crippen LogP contribution in [0.15, 0.2) is 82.1 Å². The second kappa shape index (κ2) is 11.5. The molecular weight excluding hydrogens is 514 g/mol. The van der Waals surface area contributed by atoms with Gasteiger partial charge in [0.1, 0.15) is 5.58 Å². The molecular formula is C30H33N3O5S. The fourth-order valence-electron chi connectivity index (χ4n) is 4.97. The van der Waals surface area contributed by atoms with Crippen molar-refractivity contribution in [3.63, 3.8) is 0 Å². The van der Waals surface area contributed by atoms with E-state index in [1.54, 1.807) is 32.0 Å². The molecule has 39 heavy (non-hydrogen) atoms. The molecule has 1 aliphatic heterocycles. The van der Waals surface area contributed by atoms with Gasteiger partial charge >= 0.3 is 5.97 Å². The third-order valence-corrected chi connectivity index (χ3v) is 8.82. The molecule has 0 amide bonds. The highest BCUT2D eigenvalue weighted by Crippen LogP contribution is 2.35. The van der Waals surface area contributed by atoms with Gasteiger partial charge in [-0.25, -0.2) is 13.2 Å². The SMILES string of the molecule is CCOC(=O)c1oc2ccc(S(=O)(=O)N(CCc3ccccc3)c3ccccc3N3CCNCC3)cc2c1C. The number of nitrogens with one attached hydrogen (secondary N) is 1. The molecule has 0 saturated carbocycles. The van der Waals surface area contributed by atoms with Crippen LogP contribution in [0, 0.1) is 6.92 Å². The Balaban J connectivity index is 1.58. The number of rotatable bonds is 9. The van der Waals surface area contributed by atoms with Crippen LogP contribution < -0.4 is 14.5 Å². The van der Waals surface area contributed by atoms with Gasteiger partial charge in [0.25, 0.3) is 10.0 Å². The first-order chi connectivity index (χ1) is 18.9. The molecule has 2 heterocycles. The summed E-state index contributed by atoms with van der Waals surface area (Å²) in [5.41, 5.74) is 3.58. The molecule has 1 saturated heterocycles. The molecule has 1 aliphatic rings. The Morgan fingerprint density at radius 1 is 1.03 bits per heavy atom. The molecule has 0 unspecified atom stereocenters. The quantitative estimate of drug-likeness (QED) is 0.302. The van der Waals surface area contributed by atoms with E-state index in [0.29, 0.717) is 28.6 Å². The molecule has 9 heteroatoms. The minimum atomic E-state index is -3.98. The molecule has 1 fully saturated rings. The molecule has 0 radical (unpaired) electrons. The Hall–Kier alpha value is -3.82. The van der Waals surface area contributed by atoms with Gasteiger partial charge < -0.3 is 19.4 Å². The van der Waals surface area contributed by atoms with E-state index in [4.69, 9.17) is 9.15 Å². The summed E-state index contributed by atoms with van der Waals surface area (Å²) in [5, 5.41) is 3.93. The molecule has 0 spiro atoms. The maximum absolute atomic E-state index is 14.4. The van der Waals surface area contributed by atoms with E-state index in [9.17, 15) is 13.2 Å². The van der Waals surface area contributed by atoms with Crippen molar-refractivity contribution in [1.29, 1.82) is 0 Å².